The van der Waals surface area contributed by atoms with Gasteiger partial charge in [-0.3, -0.25) is 4.98 Å². The third kappa shape index (κ3) is 7.74. The first-order valence-electron chi connectivity index (χ1n) is 23.3. The van der Waals surface area contributed by atoms with Crippen molar-refractivity contribution in [3.8, 4) is 78.9 Å². The standard InChI is InChI=1S/C54H39N5O.C8H10/c1-32-25-26-36(30-42(32)48-33(2)55-50-49(56-48)41-21-11-12-23-44(41)54(50,3)4)37-27-28-45-43(31-37)47-40(22-14-24-46(47)60-45)38-19-13-20-39(29-38)53-58-51(34-15-7-5-8-16-34)57-52(59-53)35-17-9-6-10-18-35;1-2-8-6-4-3-5-7-8/h5-31H,1-4H3;3-7H,2H2,1H3. The second kappa shape index (κ2) is 17.5. The summed E-state index contributed by atoms with van der Waals surface area (Å²) in [5.41, 5.74) is 18.5. The van der Waals surface area contributed by atoms with Crippen molar-refractivity contribution in [3.63, 3.8) is 0 Å². The minimum absolute atomic E-state index is 0.202. The zero-order valence-electron chi connectivity index (χ0n) is 38.8. The van der Waals surface area contributed by atoms with Crippen LogP contribution in [0.5, 0.6) is 0 Å². The molecule has 3 heterocycles. The summed E-state index contributed by atoms with van der Waals surface area (Å²) in [6.07, 6.45) is 1.14. The summed E-state index contributed by atoms with van der Waals surface area (Å²) in [7, 11) is 0. The molecule has 1 aliphatic carbocycles. The third-order valence-corrected chi connectivity index (χ3v) is 13.2. The summed E-state index contributed by atoms with van der Waals surface area (Å²) >= 11 is 0. The molecule has 11 aromatic rings. The van der Waals surface area contributed by atoms with Gasteiger partial charge in [-0.05, 0) is 89.5 Å². The van der Waals surface area contributed by atoms with Crippen LogP contribution in [0.4, 0.5) is 0 Å². The van der Waals surface area contributed by atoms with Gasteiger partial charge in [-0.25, -0.2) is 19.9 Å². The lowest BCUT2D eigenvalue weighted by Gasteiger charge is -2.20. The maximum atomic E-state index is 6.51. The van der Waals surface area contributed by atoms with Gasteiger partial charge in [0.1, 0.15) is 11.2 Å². The summed E-state index contributed by atoms with van der Waals surface area (Å²) in [6.45, 7) is 10.9. The van der Waals surface area contributed by atoms with Crippen molar-refractivity contribution in [1.29, 1.82) is 0 Å². The Bertz CT molecular complexity index is 3600. The zero-order chi connectivity index (χ0) is 46.4. The number of rotatable bonds is 7. The fourth-order valence-corrected chi connectivity index (χ4v) is 9.54. The molecule has 0 spiro atoms. The van der Waals surface area contributed by atoms with Crippen molar-refractivity contribution in [1.82, 2.24) is 24.9 Å². The number of hydrogen-bond donors (Lipinski definition) is 0. The average molecular weight is 880 g/mol. The number of hydrogen-bond acceptors (Lipinski definition) is 6. The lowest BCUT2D eigenvalue weighted by Crippen LogP contribution is -2.17. The molecule has 0 unspecified atom stereocenters. The number of nitrogens with zero attached hydrogens (tertiary/aromatic N) is 5. The van der Waals surface area contributed by atoms with Gasteiger partial charge in [0.15, 0.2) is 17.5 Å². The number of aromatic nitrogens is 5. The Hall–Kier alpha value is -8.35. The SMILES string of the molecule is CCc1ccccc1.Cc1ccc(-c2ccc3oc4cccc(-c5cccc(-c6nc(-c7ccccc7)nc(-c7ccccc7)n6)c5)c4c3c2)cc1-c1nc2c(nc1C)C(C)(C)c1ccccc1-2. The van der Waals surface area contributed by atoms with Crippen LogP contribution in [0.2, 0.25) is 0 Å². The summed E-state index contributed by atoms with van der Waals surface area (Å²) in [5, 5.41) is 2.11. The van der Waals surface area contributed by atoms with E-state index in [2.05, 4.69) is 156 Å². The van der Waals surface area contributed by atoms with Gasteiger partial charge in [0.25, 0.3) is 0 Å². The maximum Gasteiger partial charge on any atom is 0.164 e. The van der Waals surface area contributed by atoms with Gasteiger partial charge < -0.3 is 4.42 Å². The van der Waals surface area contributed by atoms with Crippen molar-refractivity contribution in [2.45, 2.75) is 46.5 Å². The van der Waals surface area contributed by atoms with Gasteiger partial charge in [0.05, 0.1) is 22.8 Å². The number of fused-ring (bicyclic) bond motifs is 6. The first kappa shape index (κ1) is 42.3. The van der Waals surface area contributed by atoms with E-state index in [9.17, 15) is 0 Å². The molecule has 0 N–H and O–H groups in total. The molecule has 6 nitrogen and oxygen atoms in total. The summed E-state index contributed by atoms with van der Waals surface area (Å²) in [6, 6.07) is 67.0. The molecule has 0 saturated heterocycles. The quantitative estimate of drug-likeness (QED) is 0.159. The molecule has 3 aromatic heterocycles. The zero-order valence-corrected chi connectivity index (χ0v) is 38.8. The Balaban J connectivity index is 0.000000577. The van der Waals surface area contributed by atoms with Crippen molar-refractivity contribution in [3.05, 3.63) is 222 Å². The van der Waals surface area contributed by atoms with Crippen LogP contribution in [0.1, 0.15) is 48.8 Å². The molecule has 0 atom stereocenters. The topological polar surface area (TPSA) is 77.6 Å². The molecule has 0 radical (unpaired) electrons. The van der Waals surface area contributed by atoms with Crippen LogP contribution in [0.25, 0.3) is 101 Å². The van der Waals surface area contributed by atoms with Gasteiger partial charge >= 0.3 is 0 Å². The van der Waals surface area contributed by atoms with Gasteiger partial charge in [0, 0.05) is 44.0 Å². The summed E-state index contributed by atoms with van der Waals surface area (Å²) in [5.74, 6) is 1.88. The van der Waals surface area contributed by atoms with Crippen LogP contribution < -0.4 is 0 Å². The van der Waals surface area contributed by atoms with Crippen LogP contribution in [0.3, 0.4) is 0 Å². The Labute approximate surface area is 397 Å². The van der Waals surface area contributed by atoms with E-state index >= 15 is 0 Å². The molecule has 328 valence electrons. The second-order valence-corrected chi connectivity index (χ2v) is 18.0. The highest BCUT2D eigenvalue weighted by molar-refractivity contribution is 6.13. The molecule has 12 rings (SSSR count). The third-order valence-electron chi connectivity index (χ3n) is 13.2. The van der Waals surface area contributed by atoms with E-state index in [1.54, 1.807) is 0 Å². The molecule has 6 heteroatoms. The number of benzene rings is 8. The molecule has 1 aliphatic rings. The molecular weight excluding hydrogens is 831 g/mol. The molecule has 0 bridgehead atoms. The smallest absolute Gasteiger partial charge is 0.164 e. The van der Waals surface area contributed by atoms with Crippen LogP contribution >= 0.6 is 0 Å². The predicted molar refractivity (Wildman–Crippen MR) is 278 cm³/mol. The Kier molecular flexibility index (Phi) is 10.9. The Morgan fingerprint density at radius 1 is 0.426 bits per heavy atom. The first-order valence-corrected chi connectivity index (χ1v) is 23.3. The monoisotopic (exact) mass is 879 g/mol. The van der Waals surface area contributed by atoms with E-state index in [1.807, 2.05) is 72.8 Å². The highest BCUT2D eigenvalue weighted by Crippen LogP contribution is 2.48. The maximum absolute atomic E-state index is 6.51. The van der Waals surface area contributed by atoms with Crippen molar-refractivity contribution in [2.75, 3.05) is 0 Å². The van der Waals surface area contributed by atoms with Crippen LogP contribution in [0, 0.1) is 13.8 Å². The molecule has 8 aromatic carbocycles. The van der Waals surface area contributed by atoms with E-state index in [0.29, 0.717) is 17.5 Å². The van der Waals surface area contributed by atoms with Crippen molar-refractivity contribution < 1.29 is 4.42 Å². The van der Waals surface area contributed by atoms with Gasteiger partial charge in [0.2, 0.25) is 0 Å². The van der Waals surface area contributed by atoms with E-state index < -0.39 is 0 Å². The number of aryl methyl sites for hydroxylation is 3. The fraction of sp³-hybridized carbons (Fsp3) is 0.113. The molecule has 0 saturated carbocycles. The van der Waals surface area contributed by atoms with Gasteiger partial charge in [-0.15, -0.1) is 0 Å². The molecule has 68 heavy (non-hydrogen) atoms. The lowest BCUT2D eigenvalue weighted by atomic mass is 9.85. The van der Waals surface area contributed by atoms with Crippen molar-refractivity contribution >= 4 is 21.9 Å². The summed E-state index contributed by atoms with van der Waals surface area (Å²) in [4.78, 5) is 25.5. The lowest BCUT2D eigenvalue weighted by molar-refractivity contribution is 0.632. The minimum atomic E-state index is -0.202. The van der Waals surface area contributed by atoms with E-state index in [-0.39, 0.29) is 5.41 Å². The van der Waals surface area contributed by atoms with Gasteiger partial charge in [-0.2, -0.15) is 0 Å². The first-order chi connectivity index (χ1) is 33.2. The fourth-order valence-electron chi connectivity index (χ4n) is 9.54. The van der Waals surface area contributed by atoms with Crippen LogP contribution in [-0.2, 0) is 11.8 Å². The predicted octanol–water partition coefficient (Wildman–Crippen LogP) is 15.7. The van der Waals surface area contributed by atoms with E-state index in [4.69, 9.17) is 29.3 Å². The van der Waals surface area contributed by atoms with E-state index in [0.717, 1.165) is 101 Å². The van der Waals surface area contributed by atoms with Crippen LogP contribution in [0.15, 0.2) is 199 Å². The Morgan fingerprint density at radius 3 is 1.69 bits per heavy atom. The highest BCUT2D eigenvalue weighted by atomic mass is 16.3. The molecule has 0 aliphatic heterocycles. The second-order valence-electron chi connectivity index (χ2n) is 18.0. The van der Waals surface area contributed by atoms with Gasteiger partial charge in [-0.1, -0.05) is 185 Å². The molecule has 0 fully saturated rings. The highest BCUT2D eigenvalue weighted by Gasteiger charge is 2.38. The Morgan fingerprint density at radius 2 is 1.00 bits per heavy atom. The van der Waals surface area contributed by atoms with E-state index in [1.165, 1.54) is 16.7 Å². The van der Waals surface area contributed by atoms with Crippen molar-refractivity contribution in [2.24, 2.45) is 0 Å². The minimum Gasteiger partial charge on any atom is -0.456 e. The molecule has 0 amide bonds. The molecular formula is C62H49N5O. The average Bonchev–Trinajstić information content (AvgIpc) is 3.88. The van der Waals surface area contributed by atoms with Crippen LogP contribution in [-0.4, -0.2) is 24.9 Å². The summed E-state index contributed by atoms with van der Waals surface area (Å²) < 4.78 is 6.51. The largest absolute Gasteiger partial charge is 0.456 e. The number of furan rings is 1. The normalized spacial score (nSPS) is 12.4.